The van der Waals surface area contributed by atoms with Gasteiger partial charge in [0.2, 0.25) is 5.91 Å². The van der Waals surface area contributed by atoms with Crippen molar-refractivity contribution >= 4 is 17.7 Å². The maximum Gasteiger partial charge on any atom is 0.224 e. The second-order valence-electron chi connectivity index (χ2n) is 5.68. The van der Waals surface area contributed by atoms with Crippen LogP contribution in [0.15, 0.2) is 0 Å². The van der Waals surface area contributed by atoms with Gasteiger partial charge in [-0.25, -0.2) is 0 Å². The number of amides is 1. The van der Waals surface area contributed by atoms with Crippen molar-refractivity contribution in [3.63, 3.8) is 0 Å². The number of hydrogen-bond donors (Lipinski definition) is 3. The molecule has 4 nitrogen and oxygen atoms in total. The topological polar surface area (TPSA) is 75.4 Å². The third-order valence-electron chi connectivity index (χ3n) is 2.51. The summed E-state index contributed by atoms with van der Waals surface area (Å²) in [5.41, 5.74) is 5.78. The Kier molecular flexibility index (Phi) is 9.50. The fourth-order valence-corrected chi connectivity index (χ4v) is 2.47. The van der Waals surface area contributed by atoms with Crippen molar-refractivity contribution < 1.29 is 9.90 Å². The summed E-state index contributed by atoms with van der Waals surface area (Å²) in [6.07, 6.45) is 1.63. The Labute approximate surface area is 115 Å². The maximum absolute atomic E-state index is 11.9. The van der Waals surface area contributed by atoms with Gasteiger partial charge in [-0.2, -0.15) is 11.8 Å². The molecule has 0 fully saturated rings. The number of carbonyl (C=O) groups is 1. The van der Waals surface area contributed by atoms with Crippen LogP contribution in [-0.2, 0) is 4.79 Å². The van der Waals surface area contributed by atoms with Gasteiger partial charge in [-0.1, -0.05) is 20.8 Å². The van der Waals surface area contributed by atoms with Crippen molar-refractivity contribution in [3.05, 3.63) is 0 Å². The third-order valence-corrected chi connectivity index (χ3v) is 3.58. The van der Waals surface area contributed by atoms with Crippen LogP contribution in [0, 0.1) is 11.3 Å². The quantitative estimate of drug-likeness (QED) is 0.554. The molecule has 0 spiro atoms. The molecule has 0 aliphatic carbocycles. The Morgan fingerprint density at radius 2 is 2.06 bits per heavy atom. The molecule has 0 saturated carbocycles. The molecule has 0 aromatic carbocycles. The highest BCUT2D eigenvalue weighted by atomic mass is 32.2. The summed E-state index contributed by atoms with van der Waals surface area (Å²) in [6, 6.07) is 0. The lowest BCUT2D eigenvalue weighted by Gasteiger charge is -2.24. The standard InChI is InChI=1S/C13H28N2O2S/c1-13(2,3)9-11(10-14)12(17)15-5-8-18-7-4-6-16/h11,16H,4-10,14H2,1-3H3,(H,15,17). The summed E-state index contributed by atoms with van der Waals surface area (Å²) >= 11 is 1.75. The molecule has 4 N–H and O–H groups in total. The fourth-order valence-electron chi connectivity index (χ4n) is 1.68. The molecule has 0 aliphatic heterocycles. The van der Waals surface area contributed by atoms with Crippen LogP contribution in [0.5, 0.6) is 0 Å². The maximum atomic E-state index is 11.9. The minimum Gasteiger partial charge on any atom is -0.396 e. The molecule has 0 saturated heterocycles. The zero-order valence-corrected chi connectivity index (χ0v) is 12.7. The predicted octanol–water partition coefficient (Wildman–Crippen LogP) is 1.23. The van der Waals surface area contributed by atoms with Crippen molar-refractivity contribution in [1.82, 2.24) is 5.32 Å². The molecule has 0 bridgehead atoms. The number of rotatable bonds is 9. The minimum absolute atomic E-state index is 0.0650. The molecule has 1 atom stereocenters. The van der Waals surface area contributed by atoms with Crippen LogP contribution in [0.25, 0.3) is 0 Å². The molecule has 0 rings (SSSR count). The highest BCUT2D eigenvalue weighted by Crippen LogP contribution is 2.23. The summed E-state index contributed by atoms with van der Waals surface area (Å²) in [5, 5.41) is 11.6. The van der Waals surface area contributed by atoms with Crippen LogP contribution in [0.1, 0.15) is 33.6 Å². The van der Waals surface area contributed by atoms with E-state index in [1.807, 2.05) is 0 Å². The van der Waals surface area contributed by atoms with Crippen molar-refractivity contribution in [3.8, 4) is 0 Å². The van der Waals surface area contributed by atoms with Crippen molar-refractivity contribution in [2.24, 2.45) is 17.1 Å². The van der Waals surface area contributed by atoms with E-state index in [0.717, 1.165) is 24.3 Å². The lowest BCUT2D eigenvalue weighted by atomic mass is 9.84. The zero-order chi connectivity index (χ0) is 14.0. The highest BCUT2D eigenvalue weighted by Gasteiger charge is 2.23. The van der Waals surface area contributed by atoms with Crippen LogP contribution in [0.4, 0.5) is 0 Å². The lowest BCUT2D eigenvalue weighted by molar-refractivity contribution is -0.125. The number of thioether (sulfide) groups is 1. The number of aliphatic hydroxyl groups is 1. The zero-order valence-electron chi connectivity index (χ0n) is 11.9. The first kappa shape index (κ1) is 17.7. The SMILES string of the molecule is CC(C)(C)CC(CN)C(=O)NCCSCCCO. The first-order chi connectivity index (χ1) is 8.40. The van der Waals surface area contributed by atoms with Gasteiger partial charge >= 0.3 is 0 Å². The second-order valence-corrected chi connectivity index (χ2v) is 6.90. The van der Waals surface area contributed by atoms with E-state index in [-0.39, 0.29) is 23.8 Å². The third kappa shape index (κ3) is 9.74. The van der Waals surface area contributed by atoms with E-state index in [1.54, 1.807) is 11.8 Å². The smallest absolute Gasteiger partial charge is 0.224 e. The average molecular weight is 276 g/mol. The van der Waals surface area contributed by atoms with E-state index >= 15 is 0 Å². The average Bonchev–Trinajstić information content (AvgIpc) is 2.29. The number of hydrogen-bond acceptors (Lipinski definition) is 4. The summed E-state index contributed by atoms with van der Waals surface area (Å²) in [7, 11) is 0. The Balaban J connectivity index is 3.77. The van der Waals surface area contributed by atoms with Gasteiger partial charge in [0, 0.05) is 25.4 Å². The normalized spacial score (nSPS) is 13.4. The van der Waals surface area contributed by atoms with E-state index < -0.39 is 0 Å². The summed E-state index contributed by atoms with van der Waals surface area (Å²) in [5.74, 6) is 1.80. The first-order valence-corrected chi connectivity index (χ1v) is 7.72. The number of aliphatic hydroxyl groups excluding tert-OH is 1. The minimum atomic E-state index is -0.0903. The number of nitrogens with two attached hydrogens (primary N) is 1. The largest absolute Gasteiger partial charge is 0.396 e. The van der Waals surface area contributed by atoms with Crippen molar-refractivity contribution in [2.75, 3.05) is 31.2 Å². The van der Waals surface area contributed by atoms with Gasteiger partial charge in [-0.05, 0) is 24.0 Å². The molecule has 0 radical (unpaired) electrons. The molecule has 18 heavy (non-hydrogen) atoms. The van der Waals surface area contributed by atoms with E-state index in [0.29, 0.717) is 13.1 Å². The monoisotopic (exact) mass is 276 g/mol. The number of carbonyl (C=O) groups excluding carboxylic acids is 1. The van der Waals surface area contributed by atoms with Crippen LogP contribution in [0.2, 0.25) is 0 Å². The van der Waals surface area contributed by atoms with Gasteiger partial charge in [-0.3, -0.25) is 4.79 Å². The van der Waals surface area contributed by atoms with Crippen molar-refractivity contribution in [2.45, 2.75) is 33.6 Å². The first-order valence-electron chi connectivity index (χ1n) is 6.57. The summed E-state index contributed by atoms with van der Waals surface area (Å²) in [4.78, 5) is 11.9. The summed E-state index contributed by atoms with van der Waals surface area (Å²) in [6.45, 7) is 7.67. The van der Waals surface area contributed by atoms with Crippen molar-refractivity contribution in [1.29, 1.82) is 0 Å². The highest BCUT2D eigenvalue weighted by molar-refractivity contribution is 7.99. The van der Waals surface area contributed by atoms with E-state index in [4.69, 9.17) is 10.8 Å². The van der Waals surface area contributed by atoms with Gasteiger partial charge in [0.1, 0.15) is 0 Å². The molecule has 1 amide bonds. The van der Waals surface area contributed by atoms with Gasteiger partial charge < -0.3 is 16.2 Å². The van der Waals surface area contributed by atoms with Crippen LogP contribution < -0.4 is 11.1 Å². The molecular weight excluding hydrogens is 248 g/mol. The van der Waals surface area contributed by atoms with E-state index in [9.17, 15) is 4.79 Å². The Morgan fingerprint density at radius 3 is 2.56 bits per heavy atom. The van der Waals surface area contributed by atoms with Gasteiger partial charge in [0.25, 0.3) is 0 Å². The molecule has 108 valence electrons. The van der Waals surface area contributed by atoms with E-state index in [1.165, 1.54) is 0 Å². The Bertz CT molecular complexity index is 230. The van der Waals surface area contributed by atoms with Gasteiger partial charge in [0.15, 0.2) is 0 Å². The van der Waals surface area contributed by atoms with E-state index in [2.05, 4.69) is 26.1 Å². The predicted molar refractivity (Wildman–Crippen MR) is 78.7 cm³/mol. The lowest BCUT2D eigenvalue weighted by Crippen LogP contribution is -2.38. The van der Waals surface area contributed by atoms with Crippen LogP contribution in [0.3, 0.4) is 0 Å². The fraction of sp³-hybridized carbons (Fsp3) is 0.923. The molecule has 1 unspecified atom stereocenters. The molecule has 5 heteroatoms. The molecule has 0 aromatic rings. The second kappa shape index (κ2) is 9.64. The Morgan fingerprint density at radius 1 is 1.39 bits per heavy atom. The van der Waals surface area contributed by atoms with Crippen LogP contribution in [-0.4, -0.2) is 42.2 Å². The van der Waals surface area contributed by atoms with Gasteiger partial charge in [-0.15, -0.1) is 0 Å². The molecule has 0 heterocycles. The molecule has 0 aliphatic rings. The summed E-state index contributed by atoms with van der Waals surface area (Å²) < 4.78 is 0. The molecular formula is C13H28N2O2S. The number of nitrogens with one attached hydrogen (secondary N) is 1. The Hall–Kier alpha value is -0.260. The van der Waals surface area contributed by atoms with Gasteiger partial charge in [0.05, 0.1) is 5.92 Å². The van der Waals surface area contributed by atoms with Crippen LogP contribution >= 0.6 is 11.8 Å². The molecule has 0 aromatic heterocycles.